The van der Waals surface area contributed by atoms with Crippen molar-refractivity contribution in [3.8, 4) is 11.5 Å². The molecule has 0 saturated heterocycles. The van der Waals surface area contributed by atoms with E-state index in [9.17, 15) is 20.3 Å². The fourth-order valence-electron chi connectivity index (χ4n) is 1.75. The Morgan fingerprint density at radius 3 is 2.65 bits per heavy atom. The monoisotopic (exact) mass is 239 g/mol. The van der Waals surface area contributed by atoms with Gasteiger partial charge in [-0.1, -0.05) is 0 Å². The number of hydrogen-bond acceptors (Lipinski definition) is 5. The number of aromatic hydroxyl groups is 1. The van der Waals surface area contributed by atoms with E-state index in [1.54, 1.807) is 0 Å². The third-order valence-electron chi connectivity index (χ3n) is 2.89. The molecule has 1 aromatic carbocycles. The van der Waals surface area contributed by atoms with E-state index in [1.807, 2.05) is 0 Å². The zero-order valence-corrected chi connectivity index (χ0v) is 9.34. The van der Waals surface area contributed by atoms with Crippen LogP contribution in [-0.2, 0) is 6.42 Å². The van der Waals surface area contributed by atoms with E-state index in [0.717, 1.165) is 0 Å². The molecule has 0 radical (unpaired) electrons. The Kier molecular flexibility index (Phi) is 2.66. The Hall–Kier alpha value is -1.82. The predicted molar refractivity (Wildman–Crippen MR) is 59.2 cm³/mol. The van der Waals surface area contributed by atoms with Crippen molar-refractivity contribution in [3.05, 3.63) is 27.8 Å². The van der Waals surface area contributed by atoms with Crippen LogP contribution in [0.4, 0.5) is 5.69 Å². The molecule has 1 saturated carbocycles. The van der Waals surface area contributed by atoms with Crippen LogP contribution >= 0.6 is 0 Å². The number of aliphatic hydroxyl groups is 1. The number of methoxy groups -OCH3 is 1. The van der Waals surface area contributed by atoms with Crippen molar-refractivity contribution >= 4 is 5.69 Å². The first-order valence-corrected chi connectivity index (χ1v) is 5.22. The summed E-state index contributed by atoms with van der Waals surface area (Å²) in [5, 5.41) is 30.1. The molecule has 6 heteroatoms. The lowest BCUT2D eigenvalue weighted by Crippen LogP contribution is -2.11. The van der Waals surface area contributed by atoms with E-state index < -0.39 is 22.0 Å². The van der Waals surface area contributed by atoms with E-state index in [4.69, 9.17) is 4.74 Å². The lowest BCUT2D eigenvalue weighted by atomic mass is 10.0. The number of phenols is 1. The zero-order valence-electron chi connectivity index (χ0n) is 9.34. The molecule has 1 aromatic rings. The van der Waals surface area contributed by atoms with Crippen LogP contribution in [0.2, 0.25) is 0 Å². The first kappa shape index (κ1) is 11.7. The summed E-state index contributed by atoms with van der Waals surface area (Å²) < 4.78 is 4.88. The number of nitro groups is 1. The molecule has 1 aliphatic carbocycles. The number of benzene rings is 1. The highest BCUT2D eigenvalue weighted by Gasteiger charge is 2.40. The number of nitrogens with zero attached hydrogens (tertiary/aromatic N) is 1. The molecule has 2 N–H and O–H groups in total. The van der Waals surface area contributed by atoms with Gasteiger partial charge in [0.1, 0.15) is 0 Å². The molecule has 1 fully saturated rings. The Morgan fingerprint density at radius 1 is 1.53 bits per heavy atom. The van der Waals surface area contributed by atoms with Crippen LogP contribution in [0.1, 0.15) is 18.4 Å². The average Bonchev–Trinajstić information content (AvgIpc) is 2.98. The van der Waals surface area contributed by atoms with E-state index in [-0.39, 0.29) is 5.75 Å². The molecular formula is C11H13NO5. The van der Waals surface area contributed by atoms with Gasteiger partial charge in [0, 0.05) is 12.5 Å². The molecule has 1 aliphatic rings. The molecule has 2 rings (SSSR count). The van der Waals surface area contributed by atoms with Crippen LogP contribution in [-0.4, -0.2) is 27.8 Å². The van der Waals surface area contributed by atoms with E-state index >= 15 is 0 Å². The van der Waals surface area contributed by atoms with Gasteiger partial charge in [0.15, 0.2) is 5.75 Å². The third kappa shape index (κ3) is 2.31. The lowest BCUT2D eigenvalue weighted by molar-refractivity contribution is -0.386. The van der Waals surface area contributed by atoms with Crippen molar-refractivity contribution in [1.29, 1.82) is 0 Å². The minimum atomic E-state index is -0.740. The molecule has 0 aromatic heterocycles. The van der Waals surface area contributed by atoms with Gasteiger partial charge in [0.05, 0.1) is 17.6 Å². The van der Waals surface area contributed by atoms with Gasteiger partial charge in [-0.25, -0.2) is 0 Å². The summed E-state index contributed by atoms with van der Waals surface area (Å²) >= 11 is 0. The fourth-order valence-corrected chi connectivity index (χ4v) is 1.75. The minimum absolute atomic E-state index is 0.0541. The summed E-state index contributed by atoms with van der Waals surface area (Å²) in [7, 11) is 1.33. The van der Waals surface area contributed by atoms with Crippen molar-refractivity contribution in [2.45, 2.75) is 24.9 Å². The van der Waals surface area contributed by atoms with Gasteiger partial charge >= 0.3 is 5.69 Å². The summed E-state index contributed by atoms with van der Waals surface area (Å²) in [6.45, 7) is 0. The quantitative estimate of drug-likeness (QED) is 0.611. The molecule has 0 atom stereocenters. The van der Waals surface area contributed by atoms with Gasteiger partial charge in [-0.05, 0) is 24.5 Å². The summed E-state index contributed by atoms with van der Waals surface area (Å²) in [4.78, 5) is 10.1. The number of nitro benzene ring substituents is 1. The molecule has 0 bridgehead atoms. The second-order valence-electron chi connectivity index (χ2n) is 4.32. The smallest absolute Gasteiger partial charge is 0.314 e. The number of rotatable bonds is 4. The Balaban J connectivity index is 2.39. The lowest BCUT2D eigenvalue weighted by Gasteiger charge is -2.10. The predicted octanol–water partition coefficient (Wildman–Crippen LogP) is 1.38. The van der Waals surface area contributed by atoms with Gasteiger partial charge in [-0.2, -0.15) is 0 Å². The minimum Gasteiger partial charge on any atom is -0.500 e. The first-order chi connectivity index (χ1) is 7.95. The molecule has 0 amide bonds. The van der Waals surface area contributed by atoms with Crippen molar-refractivity contribution in [2.75, 3.05) is 7.11 Å². The van der Waals surface area contributed by atoms with E-state index in [0.29, 0.717) is 24.8 Å². The van der Waals surface area contributed by atoms with Crippen molar-refractivity contribution < 1.29 is 19.9 Å². The summed E-state index contributed by atoms with van der Waals surface area (Å²) in [6.07, 6.45) is 1.73. The zero-order chi connectivity index (χ0) is 12.6. The number of ether oxygens (including phenoxy) is 1. The number of hydrogen-bond donors (Lipinski definition) is 2. The van der Waals surface area contributed by atoms with Gasteiger partial charge in [-0.3, -0.25) is 10.1 Å². The Morgan fingerprint density at radius 2 is 2.18 bits per heavy atom. The van der Waals surface area contributed by atoms with E-state index in [2.05, 4.69) is 0 Å². The Bertz CT molecular complexity index is 467. The maximum atomic E-state index is 10.8. The normalized spacial score (nSPS) is 16.6. The van der Waals surface area contributed by atoms with Crippen molar-refractivity contribution in [1.82, 2.24) is 0 Å². The van der Waals surface area contributed by atoms with Crippen LogP contribution in [0.3, 0.4) is 0 Å². The molecule has 0 spiro atoms. The highest BCUT2D eigenvalue weighted by atomic mass is 16.6. The molecule has 6 nitrogen and oxygen atoms in total. The summed E-state index contributed by atoms with van der Waals surface area (Å²) in [5.41, 5.74) is -0.550. The maximum Gasteiger partial charge on any atom is 0.314 e. The van der Waals surface area contributed by atoms with Gasteiger partial charge in [0.25, 0.3) is 0 Å². The first-order valence-electron chi connectivity index (χ1n) is 5.22. The molecule has 92 valence electrons. The summed E-state index contributed by atoms with van der Waals surface area (Å²) in [6, 6.07) is 2.78. The summed E-state index contributed by atoms with van der Waals surface area (Å²) in [5.74, 6) is -0.428. The molecule has 0 heterocycles. The SMILES string of the molecule is COc1cc(CC2(O)CC2)cc([N+](=O)[O-])c1O. The van der Waals surface area contributed by atoms with Crippen LogP contribution in [0, 0.1) is 10.1 Å². The van der Waals surface area contributed by atoms with Gasteiger partial charge in [-0.15, -0.1) is 0 Å². The molecular weight excluding hydrogens is 226 g/mol. The van der Waals surface area contributed by atoms with Crippen LogP contribution in [0.5, 0.6) is 11.5 Å². The average molecular weight is 239 g/mol. The topological polar surface area (TPSA) is 92.8 Å². The highest BCUT2D eigenvalue weighted by molar-refractivity contribution is 5.57. The fraction of sp³-hybridized carbons (Fsp3) is 0.455. The van der Waals surface area contributed by atoms with Crippen LogP contribution in [0.15, 0.2) is 12.1 Å². The van der Waals surface area contributed by atoms with Crippen molar-refractivity contribution in [3.63, 3.8) is 0 Å². The second kappa shape index (κ2) is 3.89. The molecule has 0 unspecified atom stereocenters. The standard InChI is InChI=1S/C11H13NO5/c1-17-9-5-7(6-11(14)2-3-11)4-8(10(9)13)12(15)16/h4-5,13-14H,2-3,6H2,1H3. The third-order valence-corrected chi connectivity index (χ3v) is 2.89. The highest BCUT2D eigenvalue weighted by Crippen LogP contribution is 2.42. The molecule has 17 heavy (non-hydrogen) atoms. The Labute approximate surface area is 97.6 Å². The maximum absolute atomic E-state index is 10.8. The van der Waals surface area contributed by atoms with Crippen molar-refractivity contribution in [2.24, 2.45) is 0 Å². The number of phenolic OH excluding ortho intramolecular Hbond substituents is 1. The van der Waals surface area contributed by atoms with Gasteiger partial charge in [0.2, 0.25) is 5.75 Å². The van der Waals surface area contributed by atoms with Crippen LogP contribution in [0.25, 0.3) is 0 Å². The van der Waals surface area contributed by atoms with E-state index in [1.165, 1.54) is 19.2 Å². The second-order valence-corrected chi connectivity index (χ2v) is 4.32. The van der Waals surface area contributed by atoms with Crippen LogP contribution < -0.4 is 4.74 Å². The van der Waals surface area contributed by atoms with Gasteiger partial charge < -0.3 is 14.9 Å². The largest absolute Gasteiger partial charge is 0.500 e. The molecule has 0 aliphatic heterocycles.